The molecule has 7 nitrogen and oxygen atoms in total. The normalized spacial score (nSPS) is 18.0. The van der Waals surface area contributed by atoms with E-state index in [0.29, 0.717) is 19.1 Å². The molecule has 1 aliphatic heterocycles. The van der Waals surface area contributed by atoms with Gasteiger partial charge in [0.2, 0.25) is 5.95 Å². The number of aromatic nitrogens is 4. The Hall–Kier alpha value is -2.51. The van der Waals surface area contributed by atoms with E-state index in [2.05, 4.69) is 24.8 Å². The van der Waals surface area contributed by atoms with Crippen molar-refractivity contribution in [3.63, 3.8) is 0 Å². The average Bonchev–Trinajstić information content (AvgIpc) is 3.22. The van der Waals surface area contributed by atoms with Crippen molar-refractivity contribution in [3.05, 3.63) is 48.4 Å². The minimum Gasteiger partial charge on any atom is -0.352 e. The van der Waals surface area contributed by atoms with Crippen LogP contribution in [0.4, 0.5) is 5.95 Å². The number of likely N-dealkylation sites (tertiary alicyclic amines) is 1. The van der Waals surface area contributed by atoms with E-state index in [1.165, 1.54) is 0 Å². The van der Waals surface area contributed by atoms with Crippen molar-refractivity contribution < 1.29 is 0 Å². The molecule has 1 saturated heterocycles. The fraction of sp³-hybridized carbons (Fsp3) is 0.389. The van der Waals surface area contributed by atoms with Crippen LogP contribution in [0.3, 0.4) is 0 Å². The molecule has 4 heterocycles. The molecule has 1 atom stereocenters. The number of nitrogens with zero attached hydrogens (tertiary/aromatic N) is 5. The molecule has 0 bridgehead atoms. The van der Waals surface area contributed by atoms with Gasteiger partial charge in [0.1, 0.15) is 5.52 Å². The summed E-state index contributed by atoms with van der Waals surface area (Å²) in [4.78, 5) is 16.1. The van der Waals surface area contributed by atoms with Gasteiger partial charge in [-0.25, -0.2) is 9.97 Å². The van der Waals surface area contributed by atoms with Crippen LogP contribution < -0.4 is 11.1 Å². The summed E-state index contributed by atoms with van der Waals surface area (Å²) in [5.41, 5.74) is 8.45. The molecule has 0 aliphatic carbocycles. The van der Waals surface area contributed by atoms with Gasteiger partial charge in [-0.05, 0) is 30.7 Å². The fourth-order valence-electron chi connectivity index (χ4n) is 3.39. The molecule has 1 fully saturated rings. The summed E-state index contributed by atoms with van der Waals surface area (Å²) in [6.07, 6.45) is 4.72. The van der Waals surface area contributed by atoms with Gasteiger partial charge >= 0.3 is 0 Å². The lowest BCUT2D eigenvalue weighted by molar-refractivity contribution is 0.346. The van der Waals surface area contributed by atoms with Gasteiger partial charge in [0.15, 0.2) is 5.65 Å². The number of hydrogen-bond acceptors (Lipinski definition) is 6. The molecule has 1 unspecified atom stereocenters. The van der Waals surface area contributed by atoms with Crippen LogP contribution in [0.2, 0.25) is 0 Å². The third-order valence-electron chi connectivity index (χ3n) is 4.60. The van der Waals surface area contributed by atoms with E-state index < -0.39 is 0 Å². The fourth-order valence-corrected chi connectivity index (χ4v) is 3.39. The Bertz CT molecular complexity index is 830. The highest BCUT2D eigenvalue weighted by atomic mass is 15.3. The zero-order chi connectivity index (χ0) is 17.1. The van der Waals surface area contributed by atoms with Crippen LogP contribution in [0.15, 0.2) is 42.7 Å². The highest BCUT2D eigenvalue weighted by Gasteiger charge is 2.24. The topological polar surface area (TPSA) is 84.9 Å². The van der Waals surface area contributed by atoms with Crippen LogP contribution in [0.25, 0.3) is 11.2 Å². The van der Waals surface area contributed by atoms with Gasteiger partial charge in [-0.2, -0.15) is 0 Å². The highest BCUT2D eigenvalue weighted by Crippen LogP contribution is 2.21. The number of hydrogen-bond donors (Lipinski definition) is 2. The molecule has 25 heavy (non-hydrogen) atoms. The standard InChI is InChI=1S/C18H23N7/c19-7-11-24-10-6-15(12-24)22-18-23-16-5-3-9-21-17(16)25(18)13-14-4-1-2-8-20-14/h1-5,8-9,15H,6-7,10-13,19H2,(H,22,23). The molecule has 1 aliphatic rings. The number of nitrogens with one attached hydrogen (secondary N) is 1. The zero-order valence-corrected chi connectivity index (χ0v) is 14.2. The second-order valence-electron chi connectivity index (χ2n) is 6.41. The minimum absolute atomic E-state index is 0.380. The van der Waals surface area contributed by atoms with E-state index in [4.69, 9.17) is 10.7 Å². The quantitative estimate of drug-likeness (QED) is 0.706. The van der Waals surface area contributed by atoms with E-state index in [-0.39, 0.29) is 0 Å². The van der Waals surface area contributed by atoms with E-state index in [0.717, 1.165) is 48.9 Å². The lowest BCUT2D eigenvalue weighted by atomic mass is 10.3. The van der Waals surface area contributed by atoms with Gasteiger partial charge in [-0.3, -0.25) is 14.5 Å². The van der Waals surface area contributed by atoms with Crippen molar-refractivity contribution in [3.8, 4) is 0 Å². The van der Waals surface area contributed by atoms with Crippen molar-refractivity contribution in [2.24, 2.45) is 5.73 Å². The maximum absolute atomic E-state index is 5.67. The predicted molar refractivity (Wildman–Crippen MR) is 98.4 cm³/mol. The Morgan fingerprint density at radius 3 is 2.92 bits per heavy atom. The zero-order valence-electron chi connectivity index (χ0n) is 14.2. The van der Waals surface area contributed by atoms with Gasteiger partial charge in [-0.15, -0.1) is 0 Å². The van der Waals surface area contributed by atoms with Crippen molar-refractivity contribution in [2.45, 2.75) is 19.0 Å². The molecular weight excluding hydrogens is 314 g/mol. The first-order chi connectivity index (χ1) is 12.3. The number of rotatable bonds is 6. The third-order valence-corrected chi connectivity index (χ3v) is 4.60. The molecule has 0 radical (unpaired) electrons. The molecular formula is C18H23N7. The molecule has 7 heteroatoms. The second kappa shape index (κ2) is 7.16. The van der Waals surface area contributed by atoms with E-state index in [9.17, 15) is 0 Å². The maximum atomic E-state index is 5.67. The number of nitrogens with two attached hydrogens (primary N) is 1. The SMILES string of the molecule is NCCN1CCC(Nc2nc3cccnc3n2Cc2ccccn2)C1. The lowest BCUT2D eigenvalue weighted by Gasteiger charge is -2.17. The Kier molecular flexibility index (Phi) is 4.58. The summed E-state index contributed by atoms with van der Waals surface area (Å²) in [5.74, 6) is 0.860. The van der Waals surface area contributed by atoms with Crippen molar-refractivity contribution in [1.29, 1.82) is 0 Å². The van der Waals surface area contributed by atoms with Crippen LogP contribution >= 0.6 is 0 Å². The molecule has 0 amide bonds. The van der Waals surface area contributed by atoms with Crippen molar-refractivity contribution >= 4 is 17.1 Å². The first kappa shape index (κ1) is 16.0. The van der Waals surface area contributed by atoms with Gasteiger partial charge in [0.25, 0.3) is 0 Å². The van der Waals surface area contributed by atoms with Crippen LogP contribution in [-0.2, 0) is 6.54 Å². The average molecular weight is 337 g/mol. The number of fused-ring (bicyclic) bond motifs is 1. The van der Waals surface area contributed by atoms with Gasteiger partial charge < -0.3 is 11.1 Å². The monoisotopic (exact) mass is 337 g/mol. The minimum atomic E-state index is 0.380. The number of imidazole rings is 1. The Morgan fingerprint density at radius 1 is 1.16 bits per heavy atom. The number of anilines is 1. The summed E-state index contributed by atoms with van der Waals surface area (Å²) >= 11 is 0. The van der Waals surface area contributed by atoms with E-state index in [1.807, 2.05) is 36.5 Å². The summed E-state index contributed by atoms with van der Waals surface area (Å²) in [5, 5.41) is 3.61. The third kappa shape index (κ3) is 3.47. The lowest BCUT2D eigenvalue weighted by Crippen LogP contribution is -2.30. The molecule has 0 aromatic carbocycles. The summed E-state index contributed by atoms with van der Waals surface area (Å²) in [6.45, 7) is 4.37. The molecule has 0 saturated carbocycles. The Balaban J connectivity index is 1.60. The van der Waals surface area contributed by atoms with Gasteiger partial charge in [0, 0.05) is 44.6 Å². The molecule has 3 N–H and O–H groups in total. The van der Waals surface area contributed by atoms with Crippen LogP contribution in [0.5, 0.6) is 0 Å². The van der Waals surface area contributed by atoms with Crippen LogP contribution in [-0.4, -0.2) is 56.6 Å². The summed E-state index contributed by atoms with van der Waals surface area (Å²) in [7, 11) is 0. The van der Waals surface area contributed by atoms with Crippen LogP contribution in [0, 0.1) is 0 Å². The Morgan fingerprint density at radius 2 is 2.08 bits per heavy atom. The summed E-state index contributed by atoms with van der Waals surface area (Å²) in [6, 6.07) is 10.3. The van der Waals surface area contributed by atoms with Gasteiger partial charge in [0.05, 0.1) is 12.2 Å². The predicted octanol–water partition coefficient (Wildman–Crippen LogP) is 1.32. The molecule has 3 aromatic heterocycles. The van der Waals surface area contributed by atoms with Gasteiger partial charge in [-0.1, -0.05) is 6.07 Å². The van der Waals surface area contributed by atoms with E-state index in [1.54, 1.807) is 6.20 Å². The Labute approximate surface area is 146 Å². The molecule has 130 valence electrons. The van der Waals surface area contributed by atoms with Crippen molar-refractivity contribution in [1.82, 2.24) is 24.4 Å². The first-order valence-corrected chi connectivity index (χ1v) is 8.73. The smallest absolute Gasteiger partial charge is 0.205 e. The van der Waals surface area contributed by atoms with Crippen molar-refractivity contribution in [2.75, 3.05) is 31.5 Å². The maximum Gasteiger partial charge on any atom is 0.205 e. The van der Waals surface area contributed by atoms with Crippen LogP contribution in [0.1, 0.15) is 12.1 Å². The first-order valence-electron chi connectivity index (χ1n) is 8.73. The second-order valence-corrected chi connectivity index (χ2v) is 6.41. The molecule has 4 rings (SSSR count). The summed E-state index contributed by atoms with van der Waals surface area (Å²) < 4.78 is 2.11. The largest absolute Gasteiger partial charge is 0.352 e. The molecule has 0 spiro atoms. The molecule has 3 aromatic rings. The van der Waals surface area contributed by atoms with E-state index >= 15 is 0 Å². The number of pyridine rings is 2. The highest BCUT2D eigenvalue weighted by molar-refractivity contribution is 5.74.